The van der Waals surface area contributed by atoms with Crippen molar-refractivity contribution in [2.45, 2.75) is 46.5 Å². The van der Waals surface area contributed by atoms with Gasteiger partial charge in [0.05, 0.1) is 11.1 Å². The van der Waals surface area contributed by atoms with E-state index in [1.807, 2.05) is 24.3 Å². The summed E-state index contributed by atoms with van der Waals surface area (Å²) in [5.41, 5.74) is 1.65. The molecule has 1 N–H and O–H groups in total. The molecular formula is C22H28ClN2O. The molecule has 0 spiro atoms. The molecule has 0 atom stereocenters. The van der Waals surface area contributed by atoms with E-state index >= 15 is 0 Å². The van der Waals surface area contributed by atoms with E-state index in [0.29, 0.717) is 22.6 Å². The molecule has 0 saturated heterocycles. The quantitative estimate of drug-likeness (QED) is 0.703. The van der Waals surface area contributed by atoms with Gasteiger partial charge in [-0.25, -0.2) is 4.98 Å². The minimum absolute atomic E-state index is 0.0612. The van der Waals surface area contributed by atoms with Crippen LogP contribution < -0.4 is 5.32 Å². The summed E-state index contributed by atoms with van der Waals surface area (Å²) in [6.07, 6.45) is 7.29. The molecule has 3 nitrogen and oxygen atoms in total. The van der Waals surface area contributed by atoms with E-state index in [2.05, 4.69) is 37.5 Å². The molecule has 0 aliphatic heterocycles. The van der Waals surface area contributed by atoms with Crippen LogP contribution in [-0.4, -0.2) is 17.4 Å². The molecule has 139 valence electrons. The minimum Gasteiger partial charge on any atom is -0.352 e. The van der Waals surface area contributed by atoms with Gasteiger partial charge in [-0.3, -0.25) is 4.79 Å². The molecule has 1 radical (unpaired) electrons. The maximum Gasteiger partial charge on any atom is 0.252 e. The third-order valence-corrected chi connectivity index (χ3v) is 5.30. The fourth-order valence-corrected chi connectivity index (χ4v) is 4.13. The molecule has 1 aromatic heterocycles. The highest BCUT2D eigenvalue weighted by molar-refractivity contribution is 6.30. The number of rotatable bonds is 4. The highest BCUT2D eigenvalue weighted by Gasteiger charge is 2.25. The number of para-hydroxylation sites is 1. The van der Waals surface area contributed by atoms with Crippen LogP contribution in [0.3, 0.4) is 0 Å². The number of fused-ring (bicyclic) bond motifs is 1. The number of amides is 1. The second-order valence-corrected chi connectivity index (χ2v) is 8.92. The van der Waals surface area contributed by atoms with E-state index < -0.39 is 0 Å². The predicted molar refractivity (Wildman–Crippen MR) is 108 cm³/mol. The molecule has 3 rings (SSSR count). The minimum atomic E-state index is -0.0612. The first-order valence-corrected chi connectivity index (χ1v) is 9.89. The Bertz CT molecular complexity index is 773. The summed E-state index contributed by atoms with van der Waals surface area (Å²) in [7, 11) is 0. The van der Waals surface area contributed by atoms with Crippen LogP contribution >= 0.6 is 11.6 Å². The van der Waals surface area contributed by atoms with Gasteiger partial charge in [0.25, 0.3) is 5.91 Å². The van der Waals surface area contributed by atoms with Crippen molar-refractivity contribution in [2.24, 2.45) is 17.3 Å². The first-order valence-electron chi connectivity index (χ1n) is 9.51. The fraction of sp³-hybridized carbons (Fsp3) is 0.500. The molecule has 1 aliphatic rings. The average Bonchev–Trinajstić information content (AvgIpc) is 2.58. The lowest BCUT2D eigenvalue weighted by atomic mass is 9.74. The molecule has 1 saturated carbocycles. The number of aromatic nitrogens is 1. The highest BCUT2D eigenvalue weighted by Crippen LogP contribution is 2.35. The van der Waals surface area contributed by atoms with Gasteiger partial charge < -0.3 is 5.32 Å². The fourth-order valence-electron chi connectivity index (χ4n) is 3.93. The molecule has 1 heterocycles. The Morgan fingerprint density at radius 1 is 1.23 bits per heavy atom. The Labute approximate surface area is 161 Å². The normalized spacial score (nSPS) is 20.9. The number of nitrogens with zero attached hydrogens (tertiary/aromatic N) is 1. The first kappa shape index (κ1) is 19.2. The van der Waals surface area contributed by atoms with Crippen LogP contribution in [0.15, 0.2) is 30.3 Å². The van der Waals surface area contributed by atoms with Gasteiger partial charge in [0.1, 0.15) is 5.15 Å². The van der Waals surface area contributed by atoms with Crippen molar-refractivity contribution < 1.29 is 4.79 Å². The number of nitrogens with one attached hydrogen (secondary N) is 1. The second-order valence-electron chi connectivity index (χ2n) is 8.53. The van der Waals surface area contributed by atoms with Crippen LogP contribution in [0, 0.1) is 23.7 Å². The summed E-state index contributed by atoms with van der Waals surface area (Å²) in [4.78, 5) is 17.0. The van der Waals surface area contributed by atoms with E-state index in [1.165, 1.54) is 25.7 Å². The number of hydrogen-bond acceptors (Lipinski definition) is 2. The van der Waals surface area contributed by atoms with Gasteiger partial charge in [-0.05, 0) is 61.5 Å². The highest BCUT2D eigenvalue weighted by atomic mass is 35.5. The van der Waals surface area contributed by atoms with Crippen LogP contribution in [0.25, 0.3) is 10.9 Å². The Morgan fingerprint density at radius 2 is 1.92 bits per heavy atom. The summed E-state index contributed by atoms with van der Waals surface area (Å²) < 4.78 is 0. The average molecular weight is 372 g/mol. The Balaban J connectivity index is 1.57. The zero-order valence-corrected chi connectivity index (χ0v) is 16.6. The van der Waals surface area contributed by atoms with Gasteiger partial charge in [-0.15, -0.1) is 0 Å². The van der Waals surface area contributed by atoms with Crippen molar-refractivity contribution in [2.75, 3.05) is 6.54 Å². The standard InChI is InChI=1S/C22H28ClN2O/c1-22(2,3)13-15-8-10-16(11-9-15)14-24-21(26)18-12-20(23)25-19-7-5-4-6-17(18)19/h4-7,12-13,15-16H,8-11,14H2,1-3H3,(H,24,26)/t15-,16-. The van der Waals surface area contributed by atoms with E-state index in [-0.39, 0.29) is 11.3 Å². The van der Waals surface area contributed by atoms with Gasteiger partial charge in [0.15, 0.2) is 0 Å². The molecule has 4 heteroatoms. The first-order chi connectivity index (χ1) is 12.3. The molecule has 1 aromatic carbocycles. The monoisotopic (exact) mass is 371 g/mol. The van der Waals surface area contributed by atoms with E-state index in [4.69, 9.17) is 11.6 Å². The Hall–Kier alpha value is -1.61. The lowest BCUT2D eigenvalue weighted by Gasteiger charge is -2.32. The van der Waals surface area contributed by atoms with Crippen LogP contribution in [0.4, 0.5) is 0 Å². The second kappa shape index (κ2) is 7.96. The van der Waals surface area contributed by atoms with Crippen LogP contribution in [0.5, 0.6) is 0 Å². The maximum atomic E-state index is 12.7. The van der Waals surface area contributed by atoms with Crippen molar-refractivity contribution in [1.29, 1.82) is 0 Å². The summed E-state index contributed by atoms with van der Waals surface area (Å²) in [5, 5.41) is 4.31. The molecule has 26 heavy (non-hydrogen) atoms. The summed E-state index contributed by atoms with van der Waals surface area (Å²) in [6.45, 7) is 7.53. The number of carbonyl (C=O) groups excluding carboxylic acids is 1. The predicted octanol–water partition coefficient (Wildman–Crippen LogP) is 5.67. The summed E-state index contributed by atoms with van der Waals surface area (Å²) in [6, 6.07) is 9.28. The molecule has 1 fully saturated rings. The maximum absolute atomic E-state index is 12.7. The number of hydrogen-bond donors (Lipinski definition) is 1. The van der Waals surface area contributed by atoms with Crippen molar-refractivity contribution in [3.63, 3.8) is 0 Å². The SMILES string of the molecule is CC(C)(C)[CH][C@H]1CC[C@H](CNC(=O)c2cc(Cl)nc3ccccc23)CC1. The third-order valence-electron chi connectivity index (χ3n) is 5.11. The topological polar surface area (TPSA) is 42.0 Å². The van der Waals surface area contributed by atoms with Crippen LogP contribution in [0.1, 0.15) is 56.8 Å². The molecule has 0 unspecified atom stereocenters. The molecule has 1 aliphatic carbocycles. The summed E-state index contributed by atoms with van der Waals surface area (Å²) >= 11 is 6.09. The largest absolute Gasteiger partial charge is 0.352 e. The third kappa shape index (κ3) is 4.97. The van der Waals surface area contributed by atoms with Gasteiger partial charge >= 0.3 is 0 Å². The van der Waals surface area contributed by atoms with Crippen LogP contribution in [-0.2, 0) is 0 Å². The van der Waals surface area contributed by atoms with E-state index in [0.717, 1.165) is 17.4 Å². The lowest BCUT2D eigenvalue weighted by Crippen LogP contribution is -2.32. The Morgan fingerprint density at radius 3 is 2.62 bits per heavy atom. The Kier molecular flexibility index (Phi) is 5.86. The molecule has 2 aromatic rings. The van der Waals surface area contributed by atoms with Crippen molar-refractivity contribution in [3.8, 4) is 0 Å². The molecule has 1 amide bonds. The smallest absolute Gasteiger partial charge is 0.252 e. The van der Waals surface area contributed by atoms with Crippen molar-refractivity contribution >= 4 is 28.4 Å². The number of pyridine rings is 1. The van der Waals surface area contributed by atoms with E-state index in [1.54, 1.807) is 6.07 Å². The van der Waals surface area contributed by atoms with Gasteiger partial charge in [-0.1, -0.05) is 50.6 Å². The molecule has 0 bridgehead atoms. The zero-order valence-electron chi connectivity index (χ0n) is 15.9. The van der Waals surface area contributed by atoms with Gasteiger partial charge in [-0.2, -0.15) is 0 Å². The van der Waals surface area contributed by atoms with Crippen LogP contribution in [0.2, 0.25) is 5.15 Å². The zero-order chi connectivity index (χ0) is 18.7. The molecular weight excluding hydrogens is 344 g/mol. The number of carbonyl (C=O) groups is 1. The van der Waals surface area contributed by atoms with Crippen molar-refractivity contribution in [1.82, 2.24) is 10.3 Å². The number of benzene rings is 1. The lowest BCUT2D eigenvalue weighted by molar-refractivity contribution is 0.0943. The number of halogens is 1. The van der Waals surface area contributed by atoms with Crippen molar-refractivity contribution in [3.05, 3.63) is 47.5 Å². The van der Waals surface area contributed by atoms with E-state index in [9.17, 15) is 4.79 Å². The van der Waals surface area contributed by atoms with Gasteiger partial charge in [0, 0.05) is 11.9 Å². The van der Waals surface area contributed by atoms with Gasteiger partial charge in [0.2, 0.25) is 0 Å². The summed E-state index contributed by atoms with van der Waals surface area (Å²) in [5.74, 6) is 1.21.